The summed E-state index contributed by atoms with van der Waals surface area (Å²) in [4.78, 5) is 10.2. The Balaban J connectivity index is 0.000000810. The third-order valence-corrected chi connectivity index (χ3v) is 0.939. The molecule has 0 bridgehead atoms. The van der Waals surface area contributed by atoms with Crippen molar-refractivity contribution in [2.75, 3.05) is 0 Å². The Labute approximate surface area is 81.2 Å². The molecular weight excluding hydrogens is 139 g/mol. The minimum absolute atomic E-state index is 0. The summed E-state index contributed by atoms with van der Waals surface area (Å²) < 4.78 is 0. The average Bonchev–Trinajstić information content (AvgIpc) is 1.90. The third-order valence-electron chi connectivity index (χ3n) is 0.939. The van der Waals surface area contributed by atoms with Crippen molar-refractivity contribution in [1.82, 2.24) is 0 Å². The van der Waals surface area contributed by atoms with Crippen molar-refractivity contribution in [3.05, 3.63) is 35.9 Å². The number of carbonyl (C=O) groups is 1. The summed E-state index contributed by atoms with van der Waals surface area (Å²) in [5.74, 6) is -0.935. The first-order chi connectivity index (χ1) is 4.30. The summed E-state index contributed by atoms with van der Waals surface area (Å²) in [6.45, 7) is 0. The molecule has 46 valence electrons. The zero-order valence-corrected chi connectivity index (χ0v) is 7.66. The van der Waals surface area contributed by atoms with Crippen LogP contribution in [0.2, 0.25) is 0 Å². The molecule has 0 spiro atoms. The van der Waals surface area contributed by atoms with Crippen LogP contribution < -0.4 is 29.6 Å². The van der Waals surface area contributed by atoms with Gasteiger partial charge in [-0.15, -0.1) is 30.3 Å². The van der Waals surface area contributed by atoms with Crippen LogP contribution in [0.25, 0.3) is 0 Å². The molecule has 0 aliphatic rings. The summed E-state index contributed by atoms with van der Waals surface area (Å²) in [5.41, 5.74) is 0.206. The molecule has 0 aliphatic carbocycles. The summed E-state index contributed by atoms with van der Waals surface area (Å²) in [7, 11) is 0. The monoisotopic (exact) mass is 144 g/mol. The van der Waals surface area contributed by atoms with Crippen molar-refractivity contribution in [3.8, 4) is 0 Å². The van der Waals surface area contributed by atoms with Crippen molar-refractivity contribution in [2.24, 2.45) is 0 Å². The fourth-order valence-electron chi connectivity index (χ4n) is 0.526. The van der Waals surface area contributed by atoms with Gasteiger partial charge in [0.25, 0.3) is 0 Å². The summed E-state index contributed by atoms with van der Waals surface area (Å²) >= 11 is 0. The molecule has 0 aliphatic heterocycles. The zero-order valence-electron chi connectivity index (χ0n) is 5.66. The van der Waals surface area contributed by atoms with E-state index in [2.05, 4.69) is 6.07 Å². The fraction of sp³-hybridized carbons (Fsp3) is 0. The Morgan fingerprint density at radius 2 is 2.20 bits per heavy atom. The average molecular weight is 144 g/mol. The SMILES string of the molecule is O=C(O)c1[c-]cccc1.[Na+]. The Morgan fingerprint density at radius 1 is 1.50 bits per heavy atom. The minimum atomic E-state index is -0.935. The van der Waals surface area contributed by atoms with Crippen LogP contribution in [0.3, 0.4) is 0 Å². The van der Waals surface area contributed by atoms with Crippen molar-refractivity contribution in [2.45, 2.75) is 0 Å². The van der Waals surface area contributed by atoms with Gasteiger partial charge in [0.2, 0.25) is 5.97 Å². The van der Waals surface area contributed by atoms with Crippen LogP contribution in [0.5, 0.6) is 0 Å². The van der Waals surface area contributed by atoms with Gasteiger partial charge < -0.3 is 9.90 Å². The molecule has 1 aromatic rings. The van der Waals surface area contributed by atoms with E-state index in [1.54, 1.807) is 18.2 Å². The topological polar surface area (TPSA) is 37.3 Å². The molecule has 0 fully saturated rings. The second kappa shape index (κ2) is 4.50. The van der Waals surface area contributed by atoms with Gasteiger partial charge in [-0.2, -0.15) is 0 Å². The molecule has 0 saturated carbocycles. The molecule has 1 rings (SSSR count). The van der Waals surface area contributed by atoms with E-state index in [0.717, 1.165) is 0 Å². The van der Waals surface area contributed by atoms with Gasteiger partial charge in [-0.25, -0.2) is 0 Å². The van der Waals surface area contributed by atoms with Crippen LogP contribution in [-0.2, 0) is 0 Å². The van der Waals surface area contributed by atoms with E-state index >= 15 is 0 Å². The van der Waals surface area contributed by atoms with E-state index in [-0.39, 0.29) is 35.1 Å². The predicted molar refractivity (Wildman–Crippen MR) is 32.2 cm³/mol. The van der Waals surface area contributed by atoms with E-state index < -0.39 is 5.97 Å². The van der Waals surface area contributed by atoms with E-state index in [9.17, 15) is 4.79 Å². The first-order valence-electron chi connectivity index (χ1n) is 2.51. The quantitative estimate of drug-likeness (QED) is 0.372. The van der Waals surface area contributed by atoms with Crippen LogP contribution in [0, 0.1) is 6.07 Å². The molecule has 0 radical (unpaired) electrons. The first-order valence-corrected chi connectivity index (χ1v) is 2.51. The van der Waals surface area contributed by atoms with Gasteiger partial charge in [0.15, 0.2) is 0 Å². The second-order valence-electron chi connectivity index (χ2n) is 1.58. The molecule has 0 atom stereocenters. The normalized spacial score (nSPS) is 8.00. The maximum Gasteiger partial charge on any atom is 1.00 e. The van der Waals surface area contributed by atoms with Gasteiger partial charge >= 0.3 is 29.6 Å². The van der Waals surface area contributed by atoms with Gasteiger partial charge in [-0.05, 0) is 0 Å². The predicted octanol–water partition coefficient (Wildman–Crippen LogP) is -1.81. The molecule has 0 aromatic heterocycles. The molecule has 2 nitrogen and oxygen atoms in total. The van der Waals surface area contributed by atoms with Crippen molar-refractivity contribution in [1.29, 1.82) is 0 Å². The maximum atomic E-state index is 10.2. The number of hydrogen-bond acceptors (Lipinski definition) is 1. The van der Waals surface area contributed by atoms with Crippen molar-refractivity contribution in [3.63, 3.8) is 0 Å². The first kappa shape index (κ1) is 9.69. The van der Waals surface area contributed by atoms with Gasteiger partial charge in [0.1, 0.15) is 0 Å². The molecule has 0 saturated heterocycles. The molecule has 3 heteroatoms. The summed E-state index contributed by atoms with van der Waals surface area (Å²) in [5, 5.41) is 8.35. The number of rotatable bonds is 1. The van der Waals surface area contributed by atoms with Crippen LogP contribution >= 0.6 is 0 Å². The molecular formula is C7H5NaO2. The molecule has 1 aromatic carbocycles. The van der Waals surface area contributed by atoms with E-state index in [4.69, 9.17) is 5.11 Å². The summed E-state index contributed by atoms with van der Waals surface area (Å²) in [6, 6.07) is 9.04. The number of carboxylic acid groups (broad SMARTS) is 1. The second-order valence-corrected chi connectivity index (χ2v) is 1.58. The third kappa shape index (κ3) is 2.52. The minimum Gasteiger partial charge on any atom is -0.521 e. The van der Waals surface area contributed by atoms with E-state index in [1.165, 1.54) is 6.07 Å². The van der Waals surface area contributed by atoms with Crippen LogP contribution in [-0.4, -0.2) is 11.1 Å². The van der Waals surface area contributed by atoms with Crippen molar-refractivity contribution >= 4 is 5.97 Å². The molecule has 10 heavy (non-hydrogen) atoms. The van der Waals surface area contributed by atoms with Gasteiger partial charge in [-0.3, -0.25) is 0 Å². The number of aromatic carboxylic acids is 1. The number of hydrogen-bond donors (Lipinski definition) is 1. The van der Waals surface area contributed by atoms with Gasteiger partial charge in [0.05, 0.1) is 0 Å². The number of carboxylic acids is 1. The fourth-order valence-corrected chi connectivity index (χ4v) is 0.526. The Hall–Kier alpha value is -0.310. The van der Waals surface area contributed by atoms with E-state index in [1.807, 2.05) is 0 Å². The molecule has 1 N–H and O–H groups in total. The van der Waals surface area contributed by atoms with Crippen LogP contribution in [0.1, 0.15) is 10.4 Å². The number of benzene rings is 1. The molecule has 0 unspecified atom stereocenters. The van der Waals surface area contributed by atoms with Gasteiger partial charge in [0, 0.05) is 0 Å². The zero-order chi connectivity index (χ0) is 6.69. The molecule has 0 amide bonds. The standard InChI is InChI=1S/C7H5O2.Na/c8-7(9)6-4-2-1-3-5-6;/h1-4H,(H,8,9);/q-1;+1. The Kier molecular flexibility index (Phi) is 4.36. The Bertz CT molecular complexity index is 208. The molecule has 0 heterocycles. The van der Waals surface area contributed by atoms with Gasteiger partial charge in [-0.1, -0.05) is 5.56 Å². The van der Waals surface area contributed by atoms with Crippen molar-refractivity contribution < 1.29 is 39.5 Å². The smallest absolute Gasteiger partial charge is 0.521 e. The van der Waals surface area contributed by atoms with E-state index in [0.29, 0.717) is 0 Å². The van der Waals surface area contributed by atoms with Crippen LogP contribution in [0.4, 0.5) is 0 Å². The maximum absolute atomic E-state index is 10.2. The Morgan fingerprint density at radius 3 is 2.50 bits per heavy atom. The summed E-state index contributed by atoms with van der Waals surface area (Å²) in [6.07, 6.45) is 0. The largest absolute Gasteiger partial charge is 1.00 e. The van der Waals surface area contributed by atoms with Crippen LogP contribution in [0.15, 0.2) is 24.3 Å².